The standard InChI is InChI=1S/C24H21NO2.BF4/c1-26-20-13-11-19(12-14-20)24-17-22(21-9-5-6-10-23(21)27-24)25-16-15-18-7-3-2-4-8-18;2-1(3,4)5/h2-14,17H,15-16H2,1H3;/q;-1/p+1. The molecule has 0 radical (unpaired) electrons. The minimum absolute atomic E-state index is 0.832. The van der Waals surface area contributed by atoms with Gasteiger partial charge in [-0.3, -0.25) is 0 Å². The Kier molecular flexibility index (Phi) is 7.70. The summed E-state index contributed by atoms with van der Waals surface area (Å²) in [4.78, 5) is 3.58. The summed E-state index contributed by atoms with van der Waals surface area (Å²) in [5.74, 6) is 1.67. The molecule has 0 amide bonds. The number of hydrogen-bond donors (Lipinski definition) is 1. The van der Waals surface area contributed by atoms with Crippen molar-refractivity contribution in [2.24, 2.45) is 0 Å². The second-order valence-electron chi connectivity index (χ2n) is 6.91. The maximum Gasteiger partial charge on any atom is 0.673 e. The van der Waals surface area contributed by atoms with Crippen molar-refractivity contribution >= 4 is 18.2 Å². The average molecular weight is 443 g/mol. The highest BCUT2D eigenvalue weighted by molar-refractivity contribution is 6.50. The summed E-state index contributed by atoms with van der Waals surface area (Å²) in [5, 5.41) is 2.17. The lowest BCUT2D eigenvalue weighted by atomic mass is 10.1. The molecular formula is C24H22BF4NO2. The van der Waals surface area contributed by atoms with Crippen molar-refractivity contribution in [1.82, 2.24) is 0 Å². The van der Waals surface area contributed by atoms with E-state index in [2.05, 4.69) is 41.4 Å². The number of hydrogen-bond acceptors (Lipinski definition) is 2. The second-order valence-corrected chi connectivity index (χ2v) is 6.91. The van der Waals surface area contributed by atoms with Gasteiger partial charge in [-0.05, 0) is 42.0 Å². The van der Waals surface area contributed by atoms with E-state index in [0.29, 0.717) is 0 Å². The quantitative estimate of drug-likeness (QED) is 0.361. The smallest absolute Gasteiger partial charge is 0.497 e. The van der Waals surface area contributed by atoms with Crippen molar-refractivity contribution in [2.45, 2.75) is 6.42 Å². The van der Waals surface area contributed by atoms with Crippen molar-refractivity contribution in [3.63, 3.8) is 0 Å². The van der Waals surface area contributed by atoms with Crippen LogP contribution in [-0.4, -0.2) is 20.9 Å². The number of methoxy groups -OCH3 is 1. The van der Waals surface area contributed by atoms with Gasteiger partial charge in [0.1, 0.15) is 23.6 Å². The minimum Gasteiger partial charge on any atom is -0.497 e. The van der Waals surface area contributed by atoms with Crippen molar-refractivity contribution in [3.8, 4) is 17.1 Å². The first-order valence-electron chi connectivity index (χ1n) is 9.99. The van der Waals surface area contributed by atoms with Crippen LogP contribution in [0.2, 0.25) is 0 Å². The van der Waals surface area contributed by atoms with E-state index in [1.165, 1.54) is 5.56 Å². The summed E-state index contributed by atoms with van der Waals surface area (Å²) in [5.41, 5.74) is 3.21. The number of nitrogens with one attached hydrogen (secondary N) is 1. The Bertz CT molecular complexity index is 1200. The van der Waals surface area contributed by atoms with Gasteiger partial charge in [-0.2, -0.15) is 0 Å². The number of ether oxygens (including phenoxy) is 1. The highest BCUT2D eigenvalue weighted by Gasteiger charge is 2.20. The van der Waals surface area contributed by atoms with Gasteiger partial charge in [-0.1, -0.05) is 42.5 Å². The summed E-state index contributed by atoms with van der Waals surface area (Å²) in [6.07, 6.45) is 0.971. The van der Waals surface area contributed by atoms with Crippen LogP contribution in [0.1, 0.15) is 5.56 Å². The van der Waals surface area contributed by atoms with E-state index in [-0.39, 0.29) is 0 Å². The molecule has 8 heteroatoms. The first kappa shape index (κ1) is 23.1. The Balaban J connectivity index is 0.000000523. The molecule has 166 valence electrons. The van der Waals surface area contributed by atoms with Crippen LogP contribution in [0, 0.1) is 0 Å². The number of fused-ring (bicyclic) bond motifs is 1. The van der Waals surface area contributed by atoms with Crippen molar-refractivity contribution in [1.29, 1.82) is 0 Å². The molecule has 0 atom stereocenters. The molecule has 1 aromatic heterocycles. The molecule has 1 N–H and O–H groups in total. The summed E-state index contributed by atoms with van der Waals surface area (Å²) in [6, 6.07) is 28.6. The van der Waals surface area contributed by atoms with E-state index in [1.807, 2.05) is 48.5 Å². The molecule has 32 heavy (non-hydrogen) atoms. The molecule has 4 aromatic rings. The topological polar surface area (TPSA) is 36.3 Å². The molecule has 0 aliphatic carbocycles. The molecule has 4 rings (SSSR count). The van der Waals surface area contributed by atoms with Gasteiger partial charge in [0.15, 0.2) is 0 Å². The van der Waals surface area contributed by atoms with Crippen LogP contribution in [0.15, 0.2) is 89.3 Å². The number of halogens is 4. The Hall–Kier alpha value is -3.55. The fraction of sp³-hybridized carbons (Fsp3) is 0.125. The van der Waals surface area contributed by atoms with Crippen LogP contribution in [0.25, 0.3) is 22.3 Å². The van der Waals surface area contributed by atoms with Gasteiger partial charge in [0.2, 0.25) is 5.36 Å². The van der Waals surface area contributed by atoms with E-state index >= 15 is 0 Å². The summed E-state index contributed by atoms with van der Waals surface area (Å²) in [6.45, 7) is 0.861. The number of para-hydroxylation sites is 1. The van der Waals surface area contributed by atoms with Crippen LogP contribution in [-0.2, 0) is 6.42 Å². The van der Waals surface area contributed by atoms with Crippen LogP contribution < -0.4 is 15.1 Å². The van der Waals surface area contributed by atoms with E-state index in [4.69, 9.17) is 9.15 Å². The predicted octanol–water partition coefficient (Wildman–Crippen LogP) is 4.63. The molecule has 0 aliphatic heterocycles. The van der Waals surface area contributed by atoms with E-state index < -0.39 is 7.25 Å². The van der Waals surface area contributed by atoms with Gasteiger partial charge in [-0.25, -0.2) is 4.99 Å². The van der Waals surface area contributed by atoms with Crippen LogP contribution in [0.4, 0.5) is 17.3 Å². The van der Waals surface area contributed by atoms with Gasteiger partial charge >= 0.3 is 7.25 Å². The molecular weight excluding hydrogens is 421 g/mol. The molecule has 0 bridgehead atoms. The van der Waals surface area contributed by atoms with E-state index in [1.54, 1.807) is 7.11 Å². The van der Waals surface area contributed by atoms with Gasteiger partial charge in [0.05, 0.1) is 18.6 Å². The van der Waals surface area contributed by atoms with Crippen LogP contribution in [0.5, 0.6) is 5.75 Å². The summed E-state index contributed by atoms with van der Waals surface area (Å²) < 4.78 is 50.4. The first-order valence-corrected chi connectivity index (χ1v) is 9.99. The van der Waals surface area contributed by atoms with E-state index in [9.17, 15) is 17.3 Å². The van der Waals surface area contributed by atoms with Gasteiger partial charge in [0.25, 0.3) is 0 Å². The van der Waals surface area contributed by atoms with Crippen molar-refractivity contribution in [3.05, 3.63) is 95.8 Å². The third-order valence-corrected chi connectivity index (χ3v) is 4.62. The Morgan fingerprint density at radius 1 is 0.844 bits per heavy atom. The average Bonchev–Trinajstić information content (AvgIpc) is 2.78. The first-order chi connectivity index (χ1) is 15.3. The Morgan fingerprint density at radius 3 is 2.12 bits per heavy atom. The molecule has 0 fully saturated rings. The lowest BCUT2D eigenvalue weighted by Gasteiger charge is -2.04. The normalized spacial score (nSPS) is 11.7. The SMILES string of the molecule is COc1ccc(-c2cc(=[NH+]CCc3ccccc3)c3ccccc3o2)cc1.F[B-](F)(F)F. The molecule has 1 heterocycles. The van der Waals surface area contributed by atoms with Gasteiger partial charge in [-0.15, -0.1) is 0 Å². The number of benzene rings is 3. The maximum atomic E-state index is 9.75. The summed E-state index contributed by atoms with van der Waals surface area (Å²) in [7, 11) is -4.33. The molecule has 3 aromatic carbocycles. The molecule has 0 spiro atoms. The fourth-order valence-corrected chi connectivity index (χ4v) is 3.16. The maximum absolute atomic E-state index is 9.75. The summed E-state index contributed by atoms with van der Waals surface area (Å²) >= 11 is 0. The predicted molar refractivity (Wildman–Crippen MR) is 117 cm³/mol. The third-order valence-electron chi connectivity index (χ3n) is 4.62. The van der Waals surface area contributed by atoms with E-state index in [0.717, 1.165) is 46.4 Å². The lowest BCUT2D eigenvalue weighted by molar-refractivity contribution is -0.498. The highest BCUT2D eigenvalue weighted by Crippen LogP contribution is 2.23. The van der Waals surface area contributed by atoms with Crippen molar-refractivity contribution < 1.29 is 31.4 Å². The third kappa shape index (κ3) is 7.01. The zero-order valence-electron chi connectivity index (χ0n) is 17.4. The monoisotopic (exact) mass is 443 g/mol. The molecule has 3 nitrogen and oxygen atoms in total. The zero-order valence-corrected chi connectivity index (χ0v) is 17.4. The van der Waals surface area contributed by atoms with Crippen molar-refractivity contribution in [2.75, 3.05) is 13.7 Å². The van der Waals surface area contributed by atoms with Gasteiger partial charge < -0.3 is 26.4 Å². The van der Waals surface area contributed by atoms with Crippen LogP contribution >= 0.6 is 0 Å². The van der Waals surface area contributed by atoms with Gasteiger partial charge in [0, 0.05) is 12.0 Å². The van der Waals surface area contributed by atoms with Crippen LogP contribution in [0.3, 0.4) is 0 Å². The zero-order chi connectivity index (χ0) is 23.0. The Morgan fingerprint density at radius 2 is 1.47 bits per heavy atom. The lowest BCUT2D eigenvalue weighted by Crippen LogP contribution is -2.77. The molecule has 0 unspecified atom stereocenters. The molecule has 0 saturated carbocycles. The molecule has 0 saturated heterocycles. The highest BCUT2D eigenvalue weighted by atomic mass is 19.5. The largest absolute Gasteiger partial charge is 0.673 e. The Labute approximate surface area is 183 Å². The fourth-order valence-electron chi connectivity index (χ4n) is 3.16. The minimum atomic E-state index is -6.00. The molecule has 0 aliphatic rings. The number of rotatable bonds is 5. The second kappa shape index (κ2) is 10.7.